The Bertz CT molecular complexity index is 735. The molecule has 0 bridgehead atoms. The molecule has 1 aromatic heterocycles. The highest BCUT2D eigenvalue weighted by Gasteiger charge is 2.12. The van der Waals surface area contributed by atoms with Crippen molar-refractivity contribution in [1.29, 1.82) is 0 Å². The third-order valence-corrected chi connectivity index (χ3v) is 3.50. The normalized spacial score (nSPS) is 11.3. The number of rotatable bonds is 6. The number of anilines is 1. The first-order valence-electron chi connectivity index (χ1n) is 6.07. The average molecular weight is 309 g/mol. The zero-order chi connectivity index (χ0) is 15.5. The first kappa shape index (κ1) is 15.1. The molecule has 0 aliphatic carbocycles. The van der Waals surface area contributed by atoms with Gasteiger partial charge in [-0.1, -0.05) is 12.1 Å². The standard InChI is InChI=1S/C13H15N3O4S/c14-12(17)7-9-1-3-10(4-2-9)16-8-11-5-6-13(20-11)21(15,18)19/h1-6,16H,7-8H2,(H2,14,17)(H2,15,18,19). The van der Waals surface area contributed by atoms with Gasteiger partial charge in [0.05, 0.1) is 13.0 Å². The van der Waals surface area contributed by atoms with Crippen LogP contribution in [0.1, 0.15) is 11.3 Å². The van der Waals surface area contributed by atoms with E-state index >= 15 is 0 Å². The minimum absolute atomic E-state index is 0.191. The molecule has 112 valence electrons. The van der Waals surface area contributed by atoms with Crippen molar-refractivity contribution in [2.45, 2.75) is 18.1 Å². The summed E-state index contributed by atoms with van der Waals surface area (Å²) in [5.41, 5.74) is 6.73. The Morgan fingerprint density at radius 3 is 2.33 bits per heavy atom. The maximum Gasteiger partial charge on any atom is 0.271 e. The van der Waals surface area contributed by atoms with Gasteiger partial charge in [-0.2, -0.15) is 0 Å². The van der Waals surface area contributed by atoms with Crippen molar-refractivity contribution in [1.82, 2.24) is 0 Å². The summed E-state index contributed by atoms with van der Waals surface area (Å²) in [6.07, 6.45) is 0.191. The number of amides is 1. The molecular formula is C13H15N3O4S. The van der Waals surface area contributed by atoms with Gasteiger partial charge in [0.2, 0.25) is 11.0 Å². The van der Waals surface area contributed by atoms with Crippen molar-refractivity contribution in [3.63, 3.8) is 0 Å². The van der Waals surface area contributed by atoms with Crippen LogP contribution in [0.3, 0.4) is 0 Å². The van der Waals surface area contributed by atoms with E-state index < -0.39 is 10.0 Å². The highest BCUT2D eigenvalue weighted by Crippen LogP contribution is 2.15. The smallest absolute Gasteiger partial charge is 0.271 e. The Balaban J connectivity index is 1.97. The van der Waals surface area contributed by atoms with Gasteiger partial charge < -0.3 is 15.5 Å². The largest absolute Gasteiger partial charge is 0.446 e. The van der Waals surface area contributed by atoms with Gasteiger partial charge in [0.25, 0.3) is 10.0 Å². The topological polar surface area (TPSA) is 128 Å². The summed E-state index contributed by atoms with van der Waals surface area (Å²) in [5, 5.41) is 7.75. The number of primary sulfonamides is 1. The molecule has 2 aromatic rings. The number of primary amides is 1. The van der Waals surface area contributed by atoms with Crippen molar-refractivity contribution < 1.29 is 17.6 Å². The fraction of sp³-hybridized carbons (Fsp3) is 0.154. The first-order valence-corrected chi connectivity index (χ1v) is 7.62. The third kappa shape index (κ3) is 4.33. The molecular weight excluding hydrogens is 294 g/mol. The lowest BCUT2D eigenvalue weighted by Gasteiger charge is -2.05. The second-order valence-corrected chi connectivity index (χ2v) is 5.95. The Morgan fingerprint density at radius 1 is 1.14 bits per heavy atom. The monoisotopic (exact) mass is 309 g/mol. The lowest BCUT2D eigenvalue weighted by Crippen LogP contribution is -2.13. The fourth-order valence-corrected chi connectivity index (χ4v) is 2.22. The van der Waals surface area contributed by atoms with Crippen molar-refractivity contribution in [2.24, 2.45) is 10.9 Å². The highest BCUT2D eigenvalue weighted by atomic mass is 32.2. The number of hydrogen-bond acceptors (Lipinski definition) is 5. The molecule has 0 saturated carbocycles. The van der Waals surface area contributed by atoms with Gasteiger partial charge in [-0.25, -0.2) is 13.6 Å². The van der Waals surface area contributed by atoms with Crippen LogP contribution in [-0.4, -0.2) is 14.3 Å². The molecule has 2 rings (SSSR count). The van der Waals surface area contributed by atoms with E-state index in [1.54, 1.807) is 24.3 Å². The molecule has 0 aliphatic rings. The third-order valence-electron chi connectivity index (χ3n) is 2.72. The minimum atomic E-state index is -3.82. The number of benzene rings is 1. The zero-order valence-electron chi connectivity index (χ0n) is 11.1. The van der Waals surface area contributed by atoms with Gasteiger partial charge >= 0.3 is 0 Å². The maximum atomic E-state index is 11.1. The molecule has 0 unspecified atom stereocenters. The van der Waals surface area contributed by atoms with E-state index in [0.29, 0.717) is 12.3 Å². The van der Waals surface area contributed by atoms with Crippen LogP contribution in [0.15, 0.2) is 45.9 Å². The molecule has 8 heteroatoms. The Morgan fingerprint density at radius 2 is 1.81 bits per heavy atom. The van der Waals surface area contributed by atoms with Gasteiger partial charge in [0.15, 0.2) is 0 Å². The number of carbonyl (C=O) groups excluding carboxylic acids is 1. The molecule has 0 aliphatic heterocycles. The summed E-state index contributed by atoms with van der Waals surface area (Å²) in [6, 6.07) is 10.00. The van der Waals surface area contributed by atoms with E-state index in [2.05, 4.69) is 5.32 Å². The number of sulfonamides is 1. The summed E-state index contributed by atoms with van der Waals surface area (Å²) in [6.45, 7) is 0.310. The fourth-order valence-electron chi connectivity index (χ4n) is 1.74. The van der Waals surface area contributed by atoms with Crippen LogP contribution in [0.5, 0.6) is 0 Å². The molecule has 1 heterocycles. The Labute approximate surface area is 122 Å². The van der Waals surface area contributed by atoms with Crippen LogP contribution in [0, 0.1) is 0 Å². The van der Waals surface area contributed by atoms with E-state index in [0.717, 1.165) is 11.3 Å². The number of nitrogens with one attached hydrogen (secondary N) is 1. The van der Waals surface area contributed by atoms with Gasteiger partial charge in [0, 0.05) is 5.69 Å². The average Bonchev–Trinajstić information content (AvgIpc) is 2.86. The van der Waals surface area contributed by atoms with Gasteiger partial charge in [0.1, 0.15) is 5.76 Å². The number of hydrogen-bond donors (Lipinski definition) is 3. The summed E-state index contributed by atoms with van der Waals surface area (Å²) in [7, 11) is -3.82. The van der Waals surface area contributed by atoms with E-state index in [4.69, 9.17) is 15.3 Å². The molecule has 1 amide bonds. The van der Waals surface area contributed by atoms with Gasteiger partial charge in [-0.05, 0) is 29.8 Å². The van der Waals surface area contributed by atoms with E-state index in [9.17, 15) is 13.2 Å². The van der Waals surface area contributed by atoms with Gasteiger partial charge in [-0.3, -0.25) is 4.79 Å². The second-order valence-electron chi connectivity index (χ2n) is 4.46. The maximum absolute atomic E-state index is 11.1. The number of nitrogens with two attached hydrogens (primary N) is 2. The molecule has 0 atom stereocenters. The first-order chi connectivity index (χ1) is 9.84. The van der Waals surface area contributed by atoms with E-state index in [-0.39, 0.29) is 17.4 Å². The Kier molecular flexibility index (Phi) is 4.29. The van der Waals surface area contributed by atoms with Gasteiger partial charge in [-0.15, -0.1) is 0 Å². The molecule has 21 heavy (non-hydrogen) atoms. The van der Waals surface area contributed by atoms with Crippen molar-refractivity contribution >= 4 is 21.6 Å². The van der Waals surface area contributed by atoms with Crippen LogP contribution in [0.25, 0.3) is 0 Å². The summed E-state index contributed by atoms with van der Waals surface area (Å²) in [4.78, 5) is 10.8. The van der Waals surface area contributed by atoms with Crippen molar-refractivity contribution in [2.75, 3.05) is 5.32 Å². The van der Waals surface area contributed by atoms with Crippen LogP contribution in [0.2, 0.25) is 0 Å². The number of carbonyl (C=O) groups is 1. The molecule has 5 N–H and O–H groups in total. The molecule has 0 spiro atoms. The Hall–Kier alpha value is -2.32. The molecule has 0 radical (unpaired) electrons. The van der Waals surface area contributed by atoms with E-state index in [1.807, 2.05) is 0 Å². The zero-order valence-corrected chi connectivity index (χ0v) is 11.9. The van der Waals surface area contributed by atoms with Crippen LogP contribution >= 0.6 is 0 Å². The minimum Gasteiger partial charge on any atom is -0.446 e. The molecule has 7 nitrogen and oxygen atoms in total. The summed E-state index contributed by atoms with van der Waals surface area (Å²) < 4.78 is 27.3. The highest BCUT2D eigenvalue weighted by molar-refractivity contribution is 7.89. The molecule has 0 saturated heterocycles. The van der Waals surface area contributed by atoms with Crippen molar-refractivity contribution in [3.8, 4) is 0 Å². The summed E-state index contributed by atoms with van der Waals surface area (Å²) >= 11 is 0. The molecule has 1 aromatic carbocycles. The number of furan rings is 1. The predicted octanol–water partition coefficient (Wildman–Crippen LogP) is 0.567. The van der Waals surface area contributed by atoms with Crippen molar-refractivity contribution in [3.05, 3.63) is 47.7 Å². The van der Waals surface area contributed by atoms with Crippen LogP contribution < -0.4 is 16.2 Å². The predicted molar refractivity (Wildman–Crippen MR) is 76.7 cm³/mol. The van der Waals surface area contributed by atoms with Crippen LogP contribution in [0.4, 0.5) is 5.69 Å². The second kappa shape index (κ2) is 5.98. The summed E-state index contributed by atoms with van der Waals surface area (Å²) in [5.74, 6) is 0.0575. The van der Waals surface area contributed by atoms with Crippen LogP contribution in [-0.2, 0) is 27.8 Å². The lowest BCUT2D eigenvalue weighted by atomic mass is 10.1. The SMILES string of the molecule is NC(=O)Cc1ccc(NCc2ccc(S(N)(=O)=O)o2)cc1. The lowest BCUT2D eigenvalue weighted by molar-refractivity contribution is -0.117. The quantitative estimate of drug-likeness (QED) is 0.718. The van der Waals surface area contributed by atoms with E-state index in [1.165, 1.54) is 12.1 Å². The molecule has 0 fully saturated rings.